The number of anilines is 1. The number of likely N-dealkylation sites (N-methyl/N-ethyl adjacent to an activating group) is 1. The van der Waals surface area contributed by atoms with Crippen LogP contribution in [0.5, 0.6) is 0 Å². The van der Waals surface area contributed by atoms with Gasteiger partial charge in [0.1, 0.15) is 5.82 Å². The number of hydrogen-bond acceptors (Lipinski definition) is 6. The fourth-order valence-corrected chi connectivity index (χ4v) is 4.62. The summed E-state index contributed by atoms with van der Waals surface area (Å²) in [5.74, 6) is 0.917. The minimum Gasteiger partial charge on any atom is -0.360 e. The van der Waals surface area contributed by atoms with E-state index in [1.807, 2.05) is 36.8 Å². The molecule has 1 saturated heterocycles. The van der Waals surface area contributed by atoms with E-state index in [0.29, 0.717) is 5.56 Å². The van der Waals surface area contributed by atoms with Gasteiger partial charge in [-0.05, 0) is 54.4 Å². The summed E-state index contributed by atoms with van der Waals surface area (Å²) in [5.41, 5.74) is 5.52. The second-order valence-electron chi connectivity index (χ2n) is 9.17. The number of fused-ring (bicyclic) bond motifs is 2. The number of nitrogens with zero attached hydrogens (tertiary/aromatic N) is 5. The van der Waals surface area contributed by atoms with Crippen molar-refractivity contribution in [3.63, 3.8) is 0 Å². The highest BCUT2D eigenvalue weighted by atomic mass is 16.1. The van der Waals surface area contributed by atoms with Crippen LogP contribution in [0.2, 0.25) is 0 Å². The lowest BCUT2D eigenvalue weighted by molar-refractivity contribution is 0.0992. The highest BCUT2D eigenvalue weighted by Crippen LogP contribution is 2.26. The Kier molecular flexibility index (Phi) is 5.47. The third-order valence-corrected chi connectivity index (χ3v) is 6.75. The maximum Gasteiger partial charge on any atom is 0.169 e. The molecule has 7 nitrogen and oxygen atoms in total. The van der Waals surface area contributed by atoms with Crippen molar-refractivity contribution >= 4 is 33.4 Å². The molecule has 4 aromatic heterocycles. The van der Waals surface area contributed by atoms with E-state index in [9.17, 15) is 4.79 Å². The number of rotatable bonds is 5. The lowest BCUT2D eigenvalue weighted by atomic mass is 10.0. The fourth-order valence-electron chi connectivity index (χ4n) is 4.62. The van der Waals surface area contributed by atoms with E-state index in [4.69, 9.17) is 0 Å². The van der Waals surface area contributed by atoms with Gasteiger partial charge in [-0.15, -0.1) is 0 Å². The molecule has 1 aromatic carbocycles. The molecule has 35 heavy (non-hydrogen) atoms. The number of ketones is 1. The zero-order chi connectivity index (χ0) is 23.8. The first-order valence-corrected chi connectivity index (χ1v) is 11.9. The average Bonchev–Trinajstić information content (AvgIpc) is 3.37. The summed E-state index contributed by atoms with van der Waals surface area (Å²) in [5, 5.41) is 2.10. The molecule has 0 atom stereocenters. The number of piperazine rings is 1. The van der Waals surface area contributed by atoms with Gasteiger partial charge in [0.15, 0.2) is 5.78 Å². The summed E-state index contributed by atoms with van der Waals surface area (Å²) in [6.45, 7) is 3.83. The van der Waals surface area contributed by atoms with Crippen LogP contribution in [-0.2, 0) is 6.42 Å². The molecule has 6 rings (SSSR count). The van der Waals surface area contributed by atoms with Crippen LogP contribution in [-0.4, -0.2) is 63.8 Å². The van der Waals surface area contributed by atoms with Crippen molar-refractivity contribution in [2.75, 3.05) is 38.1 Å². The van der Waals surface area contributed by atoms with Crippen molar-refractivity contribution < 1.29 is 4.79 Å². The first-order chi connectivity index (χ1) is 17.1. The van der Waals surface area contributed by atoms with Crippen molar-refractivity contribution in [2.24, 2.45) is 0 Å². The second-order valence-corrected chi connectivity index (χ2v) is 9.17. The Morgan fingerprint density at radius 1 is 0.886 bits per heavy atom. The van der Waals surface area contributed by atoms with Crippen LogP contribution < -0.4 is 4.90 Å². The zero-order valence-corrected chi connectivity index (χ0v) is 19.6. The summed E-state index contributed by atoms with van der Waals surface area (Å²) >= 11 is 0. The highest BCUT2D eigenvalue weighted by molar-refractivity contribution is 5.98. The van der Waals surface area contributed by atoms with Crippen LogP contribution in [0.4, 0.5) is 5.82 Å². The molecular formula is C28H26N6O. The number of Topliss-reactive ketones (excluding diaryl/α,β-unsaturated/α-hetero) is 1. The maximum atomic E-state index is 13.1. The molecule has 1 aliphatic rings. The van der Waals surface area contributed by atoms with Crippen LogP contribution in [0.25, 0.3) is 32.9 Å². The number of aromatic nitrogens is 4. The Balaban J connectivity index is 1.24. The molecule has 0 saturated carbocycles. The second kappa shape index (κ2) is 8.92. The number of pyridine rings is 3. The van der Waals surface area contributed by atoms with E-state index in [0.717, 1.165) is 70.6 Å². The molecule has 7 heteroatoms. The van der Waals surface area contributed by atoms with Crippen LogP contribution in [0.15, 0.2) is 73.3 Å². The van der Waals surface area contributed by atoms with Gasteiger partial charge in [-0.1, -0.05) is 12.1 Å². The first-order valence-electron chi connectivity index (χ1n) is 11.9. The zero-order valence-electron chi connectivity index (χ0n) is 19.6. The Morgan fingerprint density at radius 3 is 2.66 bits per heavy atom. The predicted octanol–water partition coefficient (Wildman–Crippen LogP) is 4.35. The minimum atomic E-state index is 0.0483. The summed E-state index contributed by atoms with van der Waals surface area (Å²) < 4.78 is 0. The van der Waals surface area contributed by atoms with Gasteiger partial charge in [-0.2, -0.15) is 0 Å². The molecule has 0 bridgehead atoms. The third-order valence-electron chi connectivity index (χ3n) is 6.75. The van der Waals surface area contributed by atoms with Crippen LogP contribution in [0.1, 0.15) is 16.1 Å². The molecule has 0 radical (unpaired) electrons. The molecule has 1 fully saturated rings. The van der Waals surface area contributed by atoms with Gasteiger partial charge in [0.2, 0.25) is 0 Å². The summed E-state index contributed by atoms with van der Waals surface area (Å²) in [7, 11) is 2.13. The molecule has 0 unspecified atom stereocenters. The van der Waals surface area contributed by atoms with E-state index in [-0.39, 0.29) is 12.2 Å². The molecule has 5 aromatic rings. The molecule has 1 N–H and O–H groups in total. The number of benzene rings is 1. The number of carbonyl (C=O) groups is 1. The SMILES string of the molecule is CN1CCN(c2cc(C(=O)Cc3cc4cc(-c5cnc6cc[nH]c6c5)ccc4cn3)ccn2)CC1. The Bertz CT molecular complexity index is 1530. The van der Waals surface area contributed by atoms with Crippen molar-refractivity contribution in [2.45, 2.75) is 6.42 Å². The highest BCUT2D eigenvalue weighted by Gasteiger charge is 2.17. The summed E-state index contributed by atoms with van der Waals surface area (Å²) in [6, 6.07) is 16.1. The summed E-state index contributed by atoms with van der Waals surface area (Å²) in [4.78, 5) is 34.5. The molecular weight excluding hydrogens is 436 g/mol. The molecule has 1 aliphatic heterocycles. The smallest absolute Gasteiger partial charge is 0.169 e. The number of hydrogen-bond donors (Lipinski definition) is 1. The Morgan fingerprint density at radius 2 is 1.77 bits per heavy atom. The molecule has 0 amide bonds. The van der Waals surface area contributed by atoms with Gasteiger partial charge in [0, 0.05) is 73.2 Å². The Labute approximate surface area is 203 Å². The number of carbonyl (C=O) groups excluding carboxylic acids is 1. The third kappa shape index (κ3) is 4.38. The van der Waals surface area contributed by atoms with Crippen molar-refractivity contribution in [3.8, 4) is 11.1 Å². The topological polar surface area (TPSA) is 78.0 Å². The van der Waals surface area contributed by atoms with Crippen molar-refractivity contribution in [1.29, 1.82) is 0 Å². The van der Waals surface area contributed by atoms with E-state index >= 15 is 0 Å². The van der Waals surface area contributed by atoms with Crippen LogP contribution in [0.3, 0.4) is 0 Å². The number of nitrogens with one attached hydrogen (secondary N) is 1. The van der Waals surface area contributed by atoms with Crippen molar-refractivity contribution in [3.05, 3.63) is 84.6 Å². The average molecular weight is 463 g/mol. The molecule has 174 valence electrons. The molecule has 5 heterocycles. The van der Waals surface area contributed by atoms with E-state index in [1.165, 1.54) is 0 Å². The first kappa shape index (κ1) is 21.4. The quantitative estimate of drug-likeness (QED) is 0.391. The normalized spacial score (nSPS) is 14.6. The van der Waals surface area contributed by atoms with Gasteiger partial charge >= 0.3 is 0 Å². The fraction of sp³-hybridized carbons (Fsp3) is 0.214. The summed E-state index contributed by atoms with van der Waals surface area (Å²) in [6.07, 6.45) is 7.62. The largest absolute Gasteiger partial charge is 0.360 e. The maximum absolute atomic E-state index is 13.1. The van der Waals surface area contributed by atoms with Crippen molar-refractivity contribution in [1.82, 2.24) is 24.8 Å². The minimum absolute atomic E-state index is 0.0483. The van der Waals surface area contributed by atoms with E-state index in [1.54, 1.807) is 12.3 Å². The van der Waals surface area contributed by atoms with Gasteiger partial charge in [-0.3, -0.25) is 14.8 Å². The van der Waals surface area contributed by atoms with Gasteiger partial charge in [0.05, 0.1) is 17.5 Å². The van der Waals surface area contributed by atoms with Gasteiger partial charge < -0.3 is 14.8 Å². The molecule has 0 spiro atoms. The lowest BCUT2D eigenvalue weighted by Gasteiger charge is -2.33. The van der Waals surface area contributed by atoms with Crippen LogP contribution in [0, 0.1) is 0 Å². The standard InChI is InChI=1S/C28H26N6O/c1-33-8-10-34(11-9-33)28-15-20(4-6-30-28)27(35)16-24-13-22-12-19(2-3-21(22)17-31-24)23-14-26-25(32-18-23)5-7-29-26/h2-7,12-15,17-18,29H,8-11,16H2,1H3. The van der Waals surface area contributed by atoms with E-state index < -0.39 is 0 Å². The molecule has 0 aliphatic carbocycles. The van der Waals surface area contributed by atoms with E-state index in [2.05, 4.69) is 61.0 Å². The Hall–Kier alpha value is -4.10. The monoisotopic (exact) mass is 462 g/mol. The van der Waals surface area contributed by atoms with Gasteiger partial charge in [0.25, 0.3) is 0 Å². The predicted molar refractivity (Wildman–Crippen MR) is 139 cm³/mol. The lowest BCUT2D eigenvalue weighted by Crippen LogP contribution is -2.44. The number of H-pyrrole nitrogens is 1. The van der Waals surface area contributed by atoms with Gasteiger partial charge in [-0.25, -0.2) is 4.98 Å². The van der Waals surface area contributed by atoms with Crippen LogP contribution >= 0.6 is 0 Å². The number of aromatic amines is 1.